The highest BCUT2D eigenvalue weighted by atomic mass is 19.1. The second kappa shape index (κ2) is 2.94. The average molecular weight is 191 g/mol. The summed E-state index contributed by atoms with van der Waals surface area (Å²) < 4.78 is 13.4. The molecule has 0 radical (unpaired) electrons. The van der Waals surface area contributed by atoms with Crippen molar-refractivity contribution >= 4 is 10.9 Å². The van der Waals surface area contributed by atoms with E-state index in [1.807, 2.05) is 13.0 Å². The molecular formula is C11H10FNO. The van der Waals surface area contributed by atoms with Gasteiger partial charge in [0.05, 0.1) is 5.52 Å². The molecule has 0 aliphatic rings. The molecule has 72 valence electrons. The largest absolute Gasteiger partial charge is 0.319 e. The smallest absolute Gasteiger partial charge is 0.248 e. The molecule has 0 saturated carbocycles. The summed E-state index contributed by atoms with van der Waals surface area (Å²) in [7, 11) is 0. The molecule has 1 heterocycles. The normalized spacial score (nSPS) is 10.8. The Morgan fingerprint density at radius 1 is 1.21 bits per heavy atom. The molecule has 2 nitrogen and oxygen atoms in total. The van der Waals surface area contributed by atoms with Gasteiger partial charge in [-0.25, -0.2) is 4.39 Å². The number of hydrogen-bond acceptors (Lipinski definition) is 1. The van der Waals surface area contributed by atoms with Gasteiger partial charge >= 0.3 is 0 Å². The molecule has 0 aliphatic heterocycles. The molecule has 0 spiro atoms. The summed E-state index contributed by atoms with van der Waals surface area (Å²) in [5.74, 6) is -0.374. The van der Waals surface area contributed by atoms with Gasteiger partial charge in [0.15, 0.2) is 0 Å². The number of benzene rings is 1. The van der Waals surface area contributed by atoms with Gasteiger partial charge in [-0.3, -0.25) is 4.79 Å². The summed E-state index contributed by atoms with van der Waals surface area (Å²) >= 11 is 0. The Kier molecular flexibility index (Phi) is 1.88. The molecule has 1 N–H and O–H groups in total. The fourth-order valence-electron chi connectivity index (χ4n) is 1.61. The van der Waals surface area contributed by atoms with Crippen LogP contribution >= 0.6 is 0 Å². The maximum atomic E-state index is 13.4. The molecule has 0 fully saturated rings. The predicted molar refractivity (Wildman–Crippen MR) is 54.0 cm³/mol. The van der Waals surface area contributed by atoms with Gasteiger partial charge in [-0.2, -0.15) is 0 Å². The molecule has 0 bridgehead atoms. The van der Waals surface area contributed by atoms with Gasteiger partial charge in [-0.05, 0) is 37.1 Å². The van der Waals surface area contributed by atoms with Gasteiger partial charge in [0.1, 0.15) is 5.82 Å². The SMILES string of the molecule is Cc1cc(F)c2[nH]c(=O)cc(C)c2c1. The van der Waals surface area contributed by atoms with Crippen LogP contribution in [0.15, 0.2) is 23.0 Å². The van der Waals surface area contributed by atoms with E-state index in [-0.39, 0.29) is 11.4 Å². The third-order valence-corrected chi connectivity index (χ3v) is 2.26. The van der Waals surface area contributed by atoms with Crippen molar-refractivity contribution in [2.24, 2.45) is 0 Å². The summed E-state index contributed by atoms with van der Waals surface area (Å²) in [4.78, 5) is 13.6. The number of hydrogen-bond donors (Lipinski definition) is 1. The van der Waals surface area contributed by atoms with Gasteiger partial charge in [-0.1, -0.05) is 0 Å². The third kappa shape index (κ3) is 1.31. The number of halogens is 1. The van der Waals surface area contributed by atoms with E-state index >= 15 is 0 Å². The number of rotatable bonds is 0. The quantitative estimate of drug-likeness (QED) is 0.680. The first kappa shape index (κ1) is 8.94. The Hall–Kier alpha value is -1.64. The first-order chi connectivity index (χ1) is 6.58. The van der Waals surface area contributed by atoms with E-state index in [0.717, 1.165) is 16.5 Å². The topological polar surface area (TPSA) is 32.9 Å². The molecule has 1 aromatic heterocycles. The lowest BCUT2D eigenvalue weighted by atomic mass is 10.1. The molecule has 2 rings (SSSR count). The van der Waals surface area contributed by atoms with Crippen LogP contribution in [0.3, 0.4) is 0 Å². The van der Waals surface area contributed by atoms with E-state index in [1.54, 1.807) is 6.92 Å². The molecule has 0 atom stereocenters. The second-order valence-electron chi connectivity index (χ2n) is 3.49. The lowest BCUT2D eigenvalue weighted by molar-refractivity contribution is 0.635. The number of aryl methyl sites for hydroxylation is 2. The maximum absolute atomic E-state index is 13.4. The first-order valence-corrected chi connectivity index (χ1v) is 4.38. The summed E-state index contributed by atoms with van der Waals surface area (Å²) in [5, 5.41) is 0.766. The number of fused-ring (bicyclic) bond motifs is 1. The van der Waals surface area contributed by atoms with Gasteiger partial charge in [0.25, 0.3) is 0 Å². The Balaban J connectivity index is 3.01. The summed E-state index contributed by atoms with van der Waals surface area (Å²) in [6.45, 7) is 3.63. The lowest BCUT2D eigenvalue weighted by Crippen LogP contribution is -2.06. The minimum absolute atomic E-state index is 0.266. The highest BCUT2D eigenvalue weighted by Gasteiger charge is 2.05. The van der Waals surface area contributed by atoms with E-state index < -0.39 is 0 Å². The van der Waals surface area contributed by atoms with Crippen molar-refractivity contribution < 1.29 is 4.39 Å². The Labute approximate surface area is 80.4 Å². The van der Waals surface area contributed by atoms with Crippen molar-refractivity contribution in [3.8, 4) is 0 Å². The summed E-state index contributed by atoms with van der Waals surface area (Å²) in [6.07, 6.45) is 0. The highest BCUT2D eigenvalue weighted by Crippen LogP contribution is 2.19. The van der Waals surface area contributed by atoms with E-state index in [2.05, 4.69) is 4.98 Å². The molecular weight excluding hydrogens is 181 g/mol. The Morgan fingerprint density at radius 2 is 1.93 bits per heavy atom. The molecule has 0 saturated heterocycles. The minimum atomic E-state index is -0.374. The van der Waals surface area contributed by atoms with Gasteiger partial charge in [0, 0.05) is 11.5 Å². The second-order valence-corrected chi connectivity index (χ2v) is 3.49. The first-order valence-electron chi connectivity index (χ1n) is 4.38. The number of H-pyrrole nitrogens is 1. The van der Waals surface area contributed by atoms with Crippen LogP contribution in [-0.4, -0.2) is 4.98 Å². The maximum Gasteiger partial charge on any atom is 0.248 e. The van der Waals surface area contributed by atoms with Crippen LogP contribution < -0.4 is 5.56 Å². The van der Waals surface area contributed by atoms with E-state index in [0.29, 0.717) is 5.52 Å². The van der Waals surface area contributed by atoms with Crippen LogP contribution in [0, 0.1) is 19.7 Å². The van der Waals surface area contributed by atoms with Crippen molar-refractivity contribution in [3.63, 3.8) is 0 Å². The molecule has 14 heavy (non-hydrogen) atoms. The third-order valence-electron chi connectivity index (χ3n) is 2.26. The zero-order valence-corrected chi connectivity index (χ0v) is 8.02. The summed E-state index contributed by atoms with van der Waals surface area (Å²) in [6, 6.07) is 4.75. The zero-order chi connectivity index (χ0) is 10.3. The summed E-state index contributed by atoms with van der Waals surface area (Å²) in [5.41, 5.74) is 1.68. The molecule has 2 aromatic rings. The van der Waals surface area contributed by atoms with Gasteiger partial charge in [-0.15, -0.1) is 0 Å². The lowest BCUT2D eigenvalue weighted by Gasteiger charge is -2.03. The van der Waals surface area contributed by atoms with Crippen LogP contribution in [0.4, 0.5) is 4.39 Å². The molecule has 0 unspecified atom stereocenters. The zero-order valence-electron chi connectivity index (χ0n) is 8.02. The van der Waals surface area contributed by atoms with Gasteiger partial charge < -0.3 is 4.98 Å². The van der Waals surface area contributed by atoms with Crippen LogP contribution in [0.2, 0.25) is 0 Å². The van der Waals surface area contributed by atoms with Crippen LogP contribution in [0.25, 0.3) is 10.9 Å². The minimum Gasteiger partial charge on any atom is -0.319 e. The number of aromatic nitrogens is 1. The Morgan fingerprint density at radius 3 is 2.64 bits per heavy atom. The van der Waals surface area contributed by atoms with Gasteiger partial charge in [0.2, 0.25) is 5.56 Å². The van der Waals surface area contributed by atoms with Crippen molar-refractivity contribution in [1.29, 1.82) is 0 Å². The molecule has 0 amide bonds. The predicted octanol–water partition coefficient (Wildman–Crippen LogP) is 2.28. The van der Waals surface area contributed by atoms with E-state index in [1.165, 1.54) is 12.1 Å². The van der Waals surface area contributed by atoms with Crippen molar-refractivity contribution in [2.45, 2.75) is 13.8 Å². The fraction of sp³-hybridized carbons (Fsp3) is 0.182. The van der Waals surface area contributed by atoms with E-state index in [9.17, 15) is 9.18 Å². The fourth-order valence-corrected chi connectivity index (χ4v) is 1.61. The number of aromatic amines is 1. The average Bonchev–Trinajstić information content (AvgIpc) is 2.07. The van der Waals surface area contributed by atoms with Crippen molar-refractivity contribution in [2.75, 3.05) is 0 Å². The van der Waals surface area contributed by atoms with Crippen LogP contribution in [0.5, 0.6) is 0 Å². The van der Waals surface area contributed by atoms with Crippen LogP contribution in [-0.2, 0) is 0 Å². The van der Waals surface area contributed by atoms with Crippen LogP contribution in [0.1, 0.15) is 11.1 Å². The molecule has 3 heteroatoms. The monoisotopic (exact) mass is 191 g/mol. The highest BCUT2D eigenvalue weighted by molar-refractivity contribution is 5.82. The number of nitrogens with one attached hydrogen (secondary N) is 1. The molecule has 1 aromatic carbocycles. The number of pyridine rings is 1. The molecule has 0 aliphatic carbocycles. The van der Waals surface area contributed by atoms with E-state index in [4.69, 9.17) is 0 Å². The Bertz CT molecular complexity index is 557. The van der Waals surface area contributed by atoms with Crippen molar-refractivity contribution in [1.82, 2.24) is 4.98 Å². The standard InChI is InChI=1S/C11H10FNO/c1-6-3-8-7(2)5-10(14)13-11(8)9(12)4-6/h3-5H,1-2H3,(H,13,14). The van der Waals surface area contributed by atoms with Crippen molar-refractivity contribution in [3.05, 3.63) is 45.5 Å².